The lowest BCUT2D eigenvalue weighted by Gasteiger charge is -2.42. The van der Waals surface area contributed by atoms with Gasteiger partial charge in [0.25, 0.3) is 0 Å². The van der Waals surface area contributed by atoms with Gasteiger partial charge < -0.3 is 5.11 Å². The lowest BCUT2D eigenvalue weighted by Crippen LogP contribution is -2.55. The number of rotatable bonds is 5. The van der Waals surface area contributed by atoms with Crippen molar-refractivity contribution in [2.45, 2.75) is 27.6 Å². The smallest absolute Gasteiger partial charge is 0.216 e. The predicted molar refractivity (Wildman–Crippen MR) is 99.9 cm³/mol. The molecule has 0 radical (unpaired) electrons. The SMILES string of the molecule is CS(=O)(=O)C1(S(C)(=O)=O)CCC(S(C)(=O)=O)(S(C)(=O)=O)c2nc(CO)cnc21. The largest absolute Gasteiger partial charge is 0.390 e. The Morgan fingerprint density at radius 1 is 0.786 bits per heavy atom. The van der Waals surface area contributed by atoms with Crippen LogP contribution >= 0.6 is 0 Å². The van der Waals surface area contributed by atoms with E-state index in [2.05, 4.69) is 9.97 Å². The summed E-state index contributed by atoms with van der Waals surface area (Å²) in [5, 5.41) is 9.33. The molecule has 28 heavy (non-hydrogen) atoms. The first-order valence-corrected chi connectivity index (χ1v) is 15.2. The third-order valence-electron chi connectivity index (χ3n) is 4.89. The maximum Gasteiger partial charge on any atom is 0.216 e. The van der Waals surface area contributed by atoms with Crippen LogP contribution in [-0.4, -0.2) is 73.8 Å². The average molecular weight is 477 g/mol. The van der Waals surface area contributed by atoms with Gasteiger partial charge in [-0.3, -0.25) is 4.98 Å². The number of nitrogens with zero attached hydrogens (tertiary/aromatic N) is 2. The quantitative estimate of drug-likeness (QED) is 0.508. The molecule has 0 spiro atoms. The molecule has 0 aromatic carbocycles. The van der Waals surface area contributed by atoms with Crippen molar-refractivity contribution >= 4 is 39.3 Å². The molecule has 0 fully saturated rings. The van der Waals surface area contributed by atoms with Crippen molar-refractivity contribution in [1.29, 1.82) is 0 Å². The molecule has 0 aliphatic heterocycles. The van der Waals surface area contributed by atoms with Gasteiger partial charge in [-0.25, -0.2) is 38.7 Å². The van der Waals surface area contributed by atoms with E-state index in [4.69, 9.17) is 0 Å². The number of aliphatic hydroxyl groups is 1. The second-order valence-corrected chi connectivity index (χ2v) is 16.3. The van der Waals surface area contributed by atoms with Crippen LogP contribution in [0.4, 0.5) is 0 Å². The van der Waals surface area contributed by atoms with E-state index in [1.165, 1.54) is 0 Å². The van der Waals surface area contributed by atoms with Crippen molar-refractivity contribution in [3.63, 3.8) is 0 Å². The van der Waals surface area contributed by atoms with Crippen LogP contribution in [0.5, 0.6) is 0 Å². The van der Waals surface area contributed by atoms with Crippen LogP contribution in [0.15, 0.2) is 6.20 Å². The molecular weight excluding hydrogens is 456 g/mol. The monoisotopic (exact) mass is 476 g/mol. The lowest BCUT2D eigenvalue weighted by molar-refractivity contribution is 0.275. The van der Waals surface area contributed by atoms with Gasteiger partial charge >= 0.3 is 0 Å². The molecule has 11 nitrogen and oxygen atoms in total. The van der Waals surface area contributed by atoms with Crippen molar-refractivity contribution in [3.05, 3.63) is 23.3 Å². The summed E-state index contributed by atoms with van der Waals surface area (Å²) in [6.45, 7) is -0.755. The third kappa shape index (κ3) is 2.98. The van der Waals surface area contributed by atoms with Crippen LogP contribution in [0.2, 0.25) is 0 Å². The molecule has 1 heterocycles. The number of aromatic nitrogens is 2. The second-order valence-electron chi connectivity index (χ2n) is 6.81. The fraction of sp³-hybridized carbons (Fsp3) is 0.692. The van der Waals surface area contributed by atoms with Crippen LogP contribution < -0.4 is 0 Å². The van der Waals surface area contributed by atoms with Crippen LogP contribution in [0.25, 0.3) is 0 Å². The zero-order chi connectivity index (χ0) is 22.0. The molecule has 15 heteroatoms. The van der Waals surface area contributed by atoms with Crippen LogP contribution in [0.3, 0.4) is 0 Å². The Morgan fingerprint density at radius 2 is 1.14 bits per heavy atom. The maximum atomic E-state index is 12.6. The van der Waals surface area contributed by atoms with Gasteiger partial charge in [-0.1, -0.05) is 0 Å². The highest BCUT2D eigenvalue weighted by atomic mass is 32.3. The van der Waals surface area contributed by atoms with Gasteiger partial charge in [-0.2, -0.15) is 0 Å². The van der Waals surface area contributed by atoms with Gasteiger partial charge in [0.1, 0.15) is 11.4 Å². The van der Waals surface area contributed by atoms with Gasteiger partial charge in [0, 0.05) is 25.0 Å². The highest BCUT2D eigenvalue weighted by Gasteiger charge is 2.66. The summed E-state index contributed by atoms with van der Waals surface area (Å²) in [6.07, 6.45) is 1.75. The summed E-state index contributed by atoms with van der Waals surface area (Å²) >= 11 is 0. The highest BCUT2D eigenvalue weighted by Crippen LogP contribution is 2.53. The Hall–Kier alpha value is -1.16. The predicted octanol–water partition coefficient (Wildman–Crippen LogP) is -1.75. The summed E-state index contributed by atoms with van der Waals surface area (Å²) in [5.74, 6) is 0. The first-order chi connectivity index (χ1) is 12.4. The molecule has 0 saturated heterocycles. The average Bonchev–Trinajstić information content (AvgIpc) is 2.48. The zero-order valence-electron chi connectivity index (χ0n) is 15.4. The number of hydrogen-bond donors (Lipinski definition) is 1. The molecule has 0 amide bonds. The van der Waals surface area contributed by atoms with E-state index in [9.17, 15) is 38.8 Å². The highest BCUT2D eigenvalue weighted by molar-refractivity contribution is 8.10. The van der Waals surface area contributed by atoms with Gasteiger partial charge in [-0.05, 0) is 12.8 Å². The lowest BCUT2D eigenvalue weighted by atomic mass is 9.97. The molecule has 1 aromatic rings. The molecule has 0 atom stereocenters. The van der Waals surface area contributed by atoms with Gasteiger partial charge in [0.2, 0.25) is 8.16 Å². The molecule has 160 valence electrons. The third-order valence-corrected chi connectivity index (χ3v) is 14.9. The van der Waals surface area contributed by atoms with Crippen molar-refractivity contribution < 1.29 is 38.8 Å². The van der Waals surface area contributed by atoms with E-state index in [-0.39, 0.29) is 5.69 Å². The summed E-state index contributed by atoms with van der Waals surface area (Å²) in [4.78, 5) is 7.63. The van der Waals surface area contributed by atoms with Crippen LogP contribution in [-0.2, 0) is 54.1 Å². The van der Waals surface area contributed by atoms with E-state index in [1.807, 2.05) is 0 Å². The molecule has 1 N–H and O–H groups in total. The first kappa shape index (κ1) is 23.1. The molecule has 0 bridgehead atoms. The van der Waals surface area contributed by atoms with Gasteiger partial charge in [0.05, 0.1) is 18.5 Å². The zero-order valence-corrected chi connectivity index (χ0v) is 18.7. The summed E-state index contributed by atoms with van der Waals surface area (Å²) in [6, 6.07) is 0. The van der Waals surface area contributed by atoms with E-state index in [0.717, 1.165) is 6.20 Å². The normalized spacial score (nSPS) is 19.8. The molecular formula is C13H20N2O9S4. The van der Waals surface area contributed by atoms with Gasteiger partial charge in [-0.15, -0.1) is 0 Å². The number of sulfone groups is 4. The standard InChI is InChI=1S/C13H20N2O9S4/c1-25(17,18)12(26(2,19)20)5-6-13(27(3,21)22,28(4,23)24)11-10(12)14-7-9(8-16)15-11/h7,16H,5-6,8H2,1-4H3. The molecule has 0 saturated carbocycles. The Morgan fingerprint density at radius 3 is 1.46 bits per heavy atom. The number of aliphatic hydroxyl groups excluding tert-OH is 1. The Labute approximate surface area is 163 Å². The molecule has 1 aliphatic carbocycles. The minimum Gasteiger partial charge on any atom is -0.390 e. The van der Waals surface area contributed by atoms with E-state index in [1.54, 1.807) is 0 Å². The van der Waals surface area contributed by atoms with Gasteiger partial charge in [0.15, 0.2) is 39.3 Å². The van der Waals surface area contributed by atoms with Crippen LogP contribution in [0.1, 0.15) is 29.9 Å². The molecule has 2 rings (SSSR count). The number of fused-ring (bicyclic) bond motifs is 1. The van der Waals surface area contributed by atoms with E-state index < -0.39 is 78.3 Å². The topological polar surface area (TPSA) is 183 Å². The summed E-state index contributed by atoms with van der Waals surface area (Å²) in [7, 11) is -17.9. The fourth-order valence-electron chi connectivity index (χ4n) is 3.61. The van der Waals surface area contributed by atoms with E-state index >= 15 is 0 Å². The van der Waals surface area contributed by atoms with Crippen molar-refractivity contribution in [3.8, 4) is 0 Å². The summed E-state index contributed by atoms with van der Waals surface area (Å²) in [5.41, 5.74) is -1.84. The minimum atomic E-state index is -4.49. The molecule has 1 aromatic heterocycles. The molecule has 1 aliphatic rings. The Kier molecular flexibility index (Phi) is 5.30. The van der Waals surface area contributed by atoms with Crippen molar-refractivity contribution in [2.75, 3.05) is 25.0 Å². The summed E-state index contributed by atoms with van der Waals surface area (Å²) < 4.78 is 95.5. The second kappa shape index (κ2) is 6.42. The number of hydrogen-bond acceptors (Lipinski definition) is 11. The van der Waals surface area contributed by atoms with Crippen molar-refractivity contribution in [1.82, 2.24) is 9.97 Å². The first-order valence-electron chi connectivity index (χ1n) is 7.63. The Bertz CT molecular complexity index is 1180. The fourth-order valence-corrected chi connectivity index (χ4v) is 11.9. The van der Waals surface area contributed by atoms with Crippen LogP contribution in [0, 0.1) is 0 Å². The van der Waals surface area contributed by atoms with E-state index in [0.29, 0.717) is 25.0 Å². The molecule has 0 unspecified atom stereocenters. The van der Waals surface area contributed by atoms with Crippen molar-refractivity contribution in [2.24, 2.45) is 0 Å². The maximum absolute atomic E-state index is 12.6. The Balaban J connectivity index is 3.24. The minimum absolute atomic E-state index is 0.242.